The van der Waals surface area contributed by atoms with Crippen molar-refractivity contribution in [1.82, 2.24) is 35.0 Å². The van der Waals surface area contributed by atoms with Crippen LogP contribution in [0.25, 0.3) is 5.52 Å². The van der Waals surface area contributed by atoms with Gasteiger partial charge in [0.25, 0.3) is 5.91 Å². The Bertz CT molecular complexity index is 1500. The van der Waals surface area contributed by atoms with E-state index in [1.54, 1.807) is 35.0 Å². The number of aromatic nitrogens is 7. The van der Waals surface area contributed by atoms with Crippen LogP contribution in [-0.4, -0.2) is 40.9 Å². The Hall–Kier alpha value is -4.33. The van der Waals surface area contributed by atoms with Crippen molar-refractivity contribution in [2.75, 3.05) is 10.6 Å². The van der Waals surface area contributed by atoms with Gasteiger partial charge in [-0.3, -0.25) is 15.0 Å². The first kappa shape index (κ1) is 22.5. The monoisotopic (exact) mass is 499 g/mol. The molecule has 0 spiro atoms. The highest BCUT2D eigenvalue weighted by molar-refractivity contribution is 7.99. The standard InChI is InChI=1S/C21H16F3N9OS/c1-11-9-16(30-29-11)27-18-15-3-2-8-33(15)32-20(28-18)35-13-6-4-12(5-7-13)26-19(34)14-10-25-31-17(14)21(22,23)24/h2-10H,1H3,(H,25,31)(H,26,34)(H2,27,28,29,30,32). The number of fused-ring (bicyclic) bond motifs is 1. The fourth-order valence-corrected chi connectivity index (χ4v) is 3.99. The molecular formula is C21H16F3N9OS. The van der Waals surface area contributed by atoms with Crippen molar-refractivity contribution < 1.29 is 18.0 Å². The van der Waals surface area contributed by atoms with Crippen molar-refractivity contribution >= 4 is 40.5 Å². The Morgan fingerprint density at radius 1 is 1.14 bits per heavy atom. The third-order valence-electron chi connectivity index (χ3n) is 4.81. The van der Waals surface area contributed by atoms with Crippen LogP contribution in [0.2, 0.25) is 0 Å². The van der Waals surface area contributed by atoms with Crippen LogP contribution in [0.15, 0.2) is 64.9 Å². The number of nitrogens with one attached hydrogen (secondary N) is 4. The van der Waals surface area contributed by atoms with Crippen LogP contribution >= 0.6 is 11.8 Å². The Labute approximate surface area is 199 Å². The highest BCUT2D eigenvalue weighted by Gasteiger charge is 2.37. The Morgan fingerprint density at radius 2 is 1.94 bits per heavy atom. The summed E-state index contributed by atoms with van der Waals surface area (Å²) in [6.07, 6.45) is -2.08. The number of nitrogens with zero attached hydrogens (tertiary/aromatic N) is 5. The van der Waals surface area contributed by atoms with Gasteiger partial charge in [0, 0.05) is 28.5 Å². The summed E-state index contributed by atoms with van der Waals surface area (Å²) in [6, 6.07) is 12.1. The van der Waals surface area contributed by atoms with Gasteiger partial charge in [-0.2, -0.15) is 23.4 Å². The average molecular weight is 499 g/mol. The lowest BCUT2D eigenvalue weighted by Gasteiger charge is -2.09. The minimum atomic E-state index is -4.71. The van der Waals surface area contributed by atoms with E-state index in [2.05, 4.69) is 36.0 Å². The second-order valence-corrected chi connectivity index (χ2v) is 8.42. The highest BCUT2D eigenvalue weighted by atomic mass is 32.2. The molecule has 0 fully saturated rings. The number of anilines is 3. The summed E-state index contributed by atoms with van der Waals surface area (Å²) in [5.41, 5.74) is 0.208. The van der Waals surface area contributed by atoms with Gasteiger partial charge in [0.05, 0.1) is 11.8 Å². The SMILES string of the molecule is Cc1cc(Nc2nc(Sc3ccc(NC(=O)c4cn[nH]c4C(F)(F)F)cc3)nn3cccc23)n[nH]1. The Balaban J connectivity index is 1.32. The van der Waals surface area contributed by atoms with Crippen LogP contribution in [0.1, 0.15) is 21.7 Å². The molecule has 0 unspecified atom stereocenters. The molecule has 14 heteroatoms. The van der Waals surface area contributed by atoms with Crippen molar-refractivity contribution in [2.45, 2.75) is 23.2 Å². The van der Waals surface area contributed by atoms with Crippen molar-refractivity contribution in [2.24, 2.45) is 0 Å². The highest BCUT2D eigenvalue weighted by Crippen LogP contribution is 2.31. The van der Waals surface area contributed by atoms with Crippen LogP contribution in [0, 0.1) is 6.92 Å². The predicted octanol–water partition coefficient (Wildman–Crippen LogP) is 4.65. The molecule has 0 aliphatic rings. The Morgan fingerprint density at radius 3 is 2.66 bits per heavy atom. The lowest BCUT2D eigenvalue weighted by Crippen LogP contribution is -2.17. The molecule has 1 aromatic carbocycles. The van der Waals surface area contributed by atoms with Crippen molar-refractivity contribution in [3.05, 3.63) is 71.8 Å². The van der Waals surface area contributed by atoms with Gasteiger partial charge in [0.2, 0.25) is 5.16 Å². The summed E-state index contributed by atoms with van der Waals surface area (Å²) in [5.74, 6) is 0.271. The van der Waals surface area contributed by atoms with Gasteiger partial charge in [-0.25, -0.2) is 9.50 Å². The van der Waals surface area contributed by atoms with E-state index in [1.807, 2.05) is 30.2 Å². The van der Waals surface area contributed by atoms with E-state index >= 15 is 0 Å². The normalized spacial score (nSPS) is 11.7. The number of aryl methyl sites for hydroxylation is 1. The second kappa shape index (κ2) is 8.79. The second-order valence-electron chi connectivity index (χ2n) is 7.38. The zero-order chi connectivity index (χ0) is 24.6. The molecule has 0 atom stereocenters. The smallest absolute Gasteiger partial charge is 0.322 e. The lowest BCUT2D eigenvalue weighted by molar-refractivity contribution is -0.141. The summed E-state index contributed by atoms with van der Waals surface area (Å²) in [4.78, 5) is 17.6. The number of H-pyrrole nitrogens is 2. The molecular weight excluding hydrogens is 483 g/mol. The zero-order valence-corrected chi connectivity index (χ0v) is 18.7. The van der Waals surface area contributed by atoms with E-state index in [-0.39, 0.29) is 0 Å². The molecule has 4 aromatic heterocycles. The number of carbonyl (C=O) groups excluding carboxylic acids is 1. The van der Waals surface area contributed by atoms with Crippen LogP contribution < -0.4 is 10.6 Å². The van der Waals surface area contributed by atoms with Gasteiger partial charge in [-0.05, 0) is 55.1 Å². The number of carbonyl (C=O) groups is 1. The number of hydrogen-bond acceptors (Lipinski definition) is 7. The number of benzene rings is 1. The molecule has 0 aliphatic carbocycles. The third-order valence-corrected chi connectivity index (χ3v) is 5.68. The summed E-state index contributed by atoms with van der Waals surface area (Å²) in [7, 11) is 0. The fourth-order valence-electron chi connectivity index (χ4n) is 3.24. The van der Waals surface area contributed by atoms with Crippen LogP contribution in [0.5, 0.6) is 0 Å². The number of hydrogen-bond donors (Lipinski definition) is 4. The summed E-state index contributed by atoms with van der Waals surface area (Å²) >= 11 is 1.28. The molecule has 0 aliphatic heterocycles. The molecule has 178 valence electrons. The van der Waals surface area contributed by atoms with E-state index in [9.17, 15) is 18.0 Å². The number of halogens is 3. The van der Waals surface area contributed by atoms with E-state index in [0.717, 1.165) is 22.3 Å². The minimum Gasteiger partial charge on any atom is -0.322 e. The molecule has 0 radical (unpaired) electrons. The largest absolute Gasteiger partial charge is 0.433 e. The molecule has 0 bridgehead atoms. The van der Waals surface area contributed by atoms with Crippen LogP contribution in [0.3, 0.4) is 0 Å². The van der Waals surface area contributed by atoms with Crippen LogP contribution in [-0.2, 0) is 6.18 Å². The molecule has 4 N–H and O–H groups in total. The van der Waals surface area contributed by atoms with Gasteiger partial charge in [-0.15, -0.1) is 5.10 Å². The number of rotatable bonds is 6. The summed E-state index contributed by atoms with van der Waals surface area (Å²) in [5, 5.41) is 22.7. The fraction of sp³-hybridized carbons (Fsp3) is 0.0952. The zero-order valence-electron chi connectivity index (χ0n) is 17.9. The first-order valence-electron chi connectivity index (χ1n) is 10.1. The van der Waals surface area contributed by atoms with E-state index in [0.29, 0.717) is 22.5 Å². The Kier molecular flexibility index (Phi) is 5.64. The van der Waals surface area contributed by atoms with Crippen molar-refractivity contribution in [1.29, 1.82) is 0 Å². The summed E-state index contributed by atoms with van der Waals surface area (Å²) < 4.78 is 40.7. The molecule has 35 heavy (non-hydrogen) atoms. The van der Waals surface area contributed by atoms with Crippen molar-refractivity contribution in [3.8, 4) is 0 Å². The average Bonchev–Trinajstić information content (AvgIpc) is 3.55. The third kappa shape index (κ3) is 4.82. The van der Waals surface area contributed by atoms with E-state index in [4.69, 9.17) is 0 Å². The maximum Gasteiger partial charge on any atom is 0.433 e. The quantitative estimate of drug-likeness (QED) is 0.268. The molecule has 1 amide bonds. The van der Waals surface area contributed by atoms with Crippen molar-refractivity contribution in [3.63, 3.8) is 0 Å². The van der Waals surface area contributed by atoms with Gasteiger partial charge in [-0.1, -0.05) is 0 Å². The maximum absolute atomic E-state index is 13.0. The molecule has 0 saturated heterocycles. The lowest BCUT2D eigenvalue weighted by atomic mass is 10.2. The van der Waals surface area contributed by atoms with Gasteiger partial charge >= 0.3 is 6.18 Å². The number of alkyl halides is 3. The molecule has 5 aromatic rings. The topological polar surface area (TPSA) is 129 Å². The first-order valence-corrected chi connectivity index (χ1v) is 10.9. The van der Waals surface area contributed by atoms with Gasteiger partial charge < -0.3 is 10.6 Å². The summed E-state index contributed by atoms with van der Waals surface area (Å²) in [6.45, 7) is 1.89. The first-order chi connectivity index (χ1) is 16.8. The molecule has 0 saturated carbocycles. The maximum atomic E-state index is 13.0. The molecule has 4 heterocycles. The molecule has 10 nitrogen and oxygen atoms in total. The van der Waals surface area contributed by atoms with Gasteiger partial charge in [0.15, 0.2) is 17.3 Å². The predicted molar refractivity (Wildman–Crippen MR) is 122 cm³/mol. The minimum absolute atomic E-state index is 0.326. The number of amides is 1. The molecule has 5 rings (SSSR count). The van der Waals surface area contributed by atoms with E-state index < -0.39 is 23.3 Å². The number of aromatic amines is 2. The van der Waals surface area contributed by atoms with Gasteiger partial charge in [0.1, 0.15) is 5.52 Å². The van der Waals surface area contributed by atoms with E-state index in [1.165, 1.54) is 11.8 Å². The van der Waals surface area contributed by atoms with Crippen LogP contribution in [0.4, 0.5) is 30.5 Å².